The molecule has 5 heteroatoms. The highest BCUT2D eigenvalue weighted by atomic mass is 16.1. The molecule has 66 valence electrons. The summed E-state index contributed by atoms with van der Waals surface area (Å²) >= 11 is 0. The highest BCUT2D eigenvalue weighted by Crippen LogP contribution is 1.98. The summed E-state index contributed by atoms with van der Waals surface area (Å²) in [5, 5.41) is 3.00. The maximum Gasteiger partial charge on any atom is 0.276 e. The summed E-state index contributed by atoms with van der Waals surface area (Å²) in [6.45, 7) is 2.84. The molecule has 0 saturated heterocycles. The van der Waals surface area contributed by atoms with Crippen LogP contribution in [0.5, 0.6) is 0 Å². The fraction of sp³-hybridized carbons (Fsp3) is 0.429. The van der Waals surface area contributed by atoms with Gasteiger partial charge in [-0.25, -0.2) is 0 Å². The van der Waals surface area contributed by atoms with Crippen molar-refractivity contribution >= 4 is 11.8 Å². The molecule has 1 rings (SSSR count). The first-order chi connectivity index (χ1) is 5.72. The van der Waals surface area contributed by atoms with Crippen LogP contribution in [0.4, 0.5) is 11.8 Å². The molecule has 0 aliphatic carbocycles. The van der Waals surface area contributed by atoms with E-state index in [1.165, 1.54) is 6.07 Å². The van der Waals surface area contributed by atoms with Crippen LogP contribution >= 0.6 is 0 Å². The largest absolute Gasteiger partial charge is 0.371 e. The van der Waals surface area contributed by atoms with E-state index in [9.17, 15) is 4.79 Å². The quantitative estimate of drug-likeness (QED) is 0.601. The van der Waals surface area contributed by atoms with Crippen molar-refractivity contribution in [1.29, 1.82) is 0 Å². The molecule has 0 aromatic carbocycles. The Labute approximate surface area is 70.0 Å². The van der Waals surface area contributed by atoms with Gasteiger partial charge in [0.25, 0.3) is 5.56 Å². The molecule has 0 aliphatic heterocycles. The molecule has 0 radical (unpaired) electrons. The molecular weight excluding hydrogens is 156 g/mol. The first kappa shape index (κ1) is 8.58. The number of nitrogens with two attached hydrogens (primary N) is 1. The Hall–Kier alpha value is -1.52. The third-order valence-corrected chi connectivity index (χ3v) is 1.33. The third-order valence-electron chi connectivity index (χ3n) is 1.33. The van der Waals surface area contributed by atoms with Crippen LogP contribution in [0.2, 0.25) is 0 Å². The van der Waals surface area contributed by atoms with E-state index >= 15 is 0 Å². The molecule has 1 aromatic rings. The van der Waals surface area contributed by atoms with Crippen LogP contribution in [-0.4, -0.2) is 16.5 Å². The van der Waals surface area contributed by atoms with E-state index in [0.717, 1.165) is 13.0 Å². The van der Waals surface area contributed by atoms with Gasteiger partial charge in [-0.1, -0.05) is 6.92 Å². The standard InChI is InChI=1S/C7H12N4O/c1-2-3-9-5-4-6(12)11-7(8)10-5/h4H,2-3H2,1H3,(H4,8,9,10,11,12). The Balaban J connectivity index is 2.79. The second kappa shape index (κ2) is 3.75. The van der Waals surface area contributed by atoms with Gasteiger partial charge in [-0.15, -0.1) is 0 Å². The molecule has 0 unspecified atom stereocenters. The van der Waals surface area contributed by atoms with E-state index in [-0.39, 0.29) is 11.5 Å². The predicted molar refractivity (Wildman–Crippen MR) is 48.1 cm³/mol. The van der Waals surface area contributed by atoms with Gasteiger partial charge in [-0.3, -0.25) is 4.79 Å². The molecule has 4 N–H and O–H groups in total. The second-order valence-electron chi connectivity index (χ2n) is 2.45. The number of hydrogen-bond acceptors (Lipinski definition) is 4. The lowest BCUT2D eigenvalue weighted by molar-refractivity contribution is 0.964. The molecule has 5 nitrogen and oxygen atoms in total. The van der Waals surface area contributed by atoms with Gasteiger partial charge >= 0.3 is 0 Å². The Morgan fingerprint density at radius 2 is 2.50 bits per heavy atom. The van der Waals surface area contributed by atoms with E-state index in [0.29, 0.717) is 5.82 Å². The lowest BCUT2D eigenvalue weighted by Gasteiger charge is -2.03. The number of aromatic amines is 1. The van der Waals surface area contributed by atoms with Gasteiger partial charge in [-0.05, 0) is 6.42 Å². The molecule has 0 amide bonds. The monoisotopic (exact) mass is 168 g/mol. The van der Waals surface area contributed by atoms with Crippen LogP contribution in [-0.2, 0) is 0 Å². The summed E-state index contributed by atoms with van der Waals surface area (Å²) in [5.74, 6) is 0.760. The zero-order valence-electron chi connectivity index (χ0n) is 6.92. The number of hydrogen-bond donors (Lipinski definition) is 3. The van der Waals surface area contributed by atoms with Crippen LogP contribution in [0.3, 0.4) is 0 Å². The Bertz CT molecular complexity index is 307. The van der Waals surface area contributed by atoms with E-state index < -0.39 is 0 Å². The number of nitrogens with zero attached hydrogens (tertiary/aromatic N) is 1. The minimum Gasteiger partial charge on any atom is -0.371 e. The van der Waals surface area contributed by atoms with E-state index in [1.54, 1.807) is 0 Å². The summed E-state index contributed by atoms with van der Waals surface area (Å²) < 4.78 is 0. The molecule has 0 atom stereocenters. The number of nitrogen functional groups attached to an aromatic ring is 1. The smallest absolute Gasteiger partial charge is 0.276 e. The zero-order valence-corrected chi connectivity index (χ0v) is 6.92. The van der Waals surface area contributed by atoms with Crippen molar-refractivity contribution in [2.24, 2.45) is 0 Å². The maximum atomic E-state index is 10.8. The normalized spacial score (nSPS) is 9.75. The van der Waals surface area contributed by atoms with Crippen molar-refractivity contribution in [3.05, 3.63) is 16.4 Å². The van der Waals surface area contributed by atoms with Crippen molar-refractivity contribution in [2.75, 3.05) is 17.6 Å². The molecule has 0 spiro atoms. The minimum atomic E-state index is -0.329. The number of aromatic nitrogens is 2. The van der Waals surface area contributed by atoms with Gasteiger partial charge in [0, 0.05) is 12.6 Å². The third kappa shape index (κ3) is 2.26. The minimum absolute atomic E-state index is 0.140. The number of rotatable bonds is 3. The van der Waals surface area contributed by atoms with E-state index in [1.807, 2.05) is 6.92 Å². The van der Waals surface area contributed by atoms with Gasteiger partial charge in [-0.2, -0.15) is 4.98 Å². The topological polar surface area (TPSA) is 83.8 Å². The van der Waals surface area contributed by atoms with Crippen molar-refractivity contribution in [3.8, 4) is 0 Å². The molecule has 1 heterocycles. The SMILES string of the molecule is CCCNc1cc(=O)nc(N)[nH]1. The van der Waals surface area contributed by atoms with Gasteiger partial charge < -0.3 is 16.0 Å². The average Bonchev–Trinajstić information content (AvgIpc) is 1.99. The summed E-state index contributed by atoms with van der Waals surface area (Å²) in [6, 6.07) is 1.38. The number of nitrogens with one attached hydrogen (secondary N) is 2. The highest BCUT2D eigenvalue weighted by molar-refractivity contribution is 5.36. The average molecular weight is 168 g/mol. The molecular formula is C7H12N4O. The van der Waals surface area contributed by atoms with Crippen molar-refractivity contribution in [3.63, 3.8) is 0 Å². The lowest BCUT2D eigenvalue weighted by atomic mass is 10.4. The molecule has 1 aromatic heterocycles. The van der Waals surface area contributed by atoms with Crippen molar-refractivity contribution in [2.45, 2.75) is 13.3 Å². The van der Waals surface area contributed by atoms with Crippen LogP contribution in [0.1, 0.15) is 13.3 Å². The van der Waals surface area contributed by atoms with Crippen molar-refractivity contribution < 1.29 is 0 Å². The summed E-state index contributed by atoms with van der Waals surface area (Å²) in [7, 11) is 0. The van der Waals surface area contributed by atoms with Crippen LogP contribution in [0.25, 0.3) is 0 Å². The summed E-state index contributed by atoms with van der Waals surface area (Å²) in [4.78, 5) is 17.0. The van der Waals surface area contributed by atoms with Gasteiger partial charge in [0.15, 0.2) is 0 Å². The first-order valence-electron chi connectivity index (χ1n) is 3.83. The fourth-order valence-corrected chi connectivity index (χ4v) is 0.831. The second-order valence-corrected chi connectivity index (χ2v) is 2.45. The highest BCUT2D eigenvalue weighted by Gasteiger charge is 1.94. The molecule has 0 bridgehead atoms. The Morgan fingerprint density at radius 1 is 1.75 bits per heavy atom. The maximum absolute atomic E-state index is 10.8. The van der Waals surface area contributed by atoms with Gasteiger partial charge in [0.05, 0.1) is 0 Å². The van der Waals surface area contributed by atoms with Crippen LogP contribution in [0.15, 0.2) is 10.9 Å². The van der Waals surface area contributed by atoms with Crippen LogP contribution in [0, 0.1) is 0 Å². The summed E-state index contributed by atoms with van der Waals surface area (Å²) in [6.07, 6.45) is 0.990. The van der Waals surface area contributed by atoms with Gasteiger partial charge in [0.1, 0.15) is 5.82 Å². The molecule has 0 aliphatic rings. The van der Waals surface area contributed by atoms with E-state index in [4.69, 9.17) is 5.73 Å². The number of H-pyrrole nitrogens is 1. The lowest BCUT2D eigenvalue weighted by Crippen LogP contribution is -2.13. The molecule has 0 fully saturated rings. The van der Waals surface area contributed by atoms with Crippen molar-refractivity contribution in [1.82, 2.24) is 9.97 Å². The Kier molecular flexibility index (Phi) is 2.68. The zero-order chi connectivity index (χ0) is 8.97. The number of anilines is 2. The summed E-state index contributed by atoms with van der Waals surface area (Å²) in [5.41, 5.74) is 5.00. The van der Waals surface area contributed by atoms with E-state index in [2.05, 4.69) is 15.3 Å². The van der Waals surface area contributed by atoms with Gasteiger partial charge in [0.2, 0.25) is 5.95 Å². The molecule has 0 saturated carbocycles. The fourth-order valence-electron chi connectivity index (χ4n) is 0.831. The molecule has 12 heavy (non-hydrogen) atoms. The predicted octanol–water partition coefficient (Wildman–Crippen LogP) is 0.174. The van der Waals surface area contributed by atoms with Crippen LogP contribution < -0.4 is 16.6 Å². The first-order valence-corrected chi connectivity index (χ1v) is 3.83. The Morgan fingerprint density at radius 3 is 3.08 bits per heavy atom.